The van der Waals surface area contributed by atoms with Gasteiger partial charge < -0.3 is 14.7 Å². The van der Waals surface area contributed by atoms with Gasteiger partial charge in [0.1, 0.15) is 18.4 Å². The molecule has 2 atom stereocenters. The largest absolute Gasteiger partial charge is 0.489 e. The number of carboxylic acid groups (broad SMARTS) is 1. The minimum absolute atomic E-state index is 0.0351. The topological polar surface area (TPSA) is 117 Å². The number of hydrogen-bond acceptors (Lipinski definition) is 6. The second-order valence-corrected chi connectivity index (χ2v) is 9.25. The summed E-state index contributed by atoms with van der Waals surface area (Å²) in [5, 5.41) is 9.66. The Morgan fingerprint density at radius 2 is 1.87 bits per heavy atom. The maximum Gasteiger partial charge on any atom is 0.324 e. The van der Waals surface area contributed by atoms with E-state index in [2.05, 4.69) is 4.98 Å². The van der Waals surface area contributed by atoms with Crippen LogP contribution in [0, 0.1) is 6.92 Å². The summed E-state index contributed by atoms with van der Waals surface area (Å²) in [6.45, 7) is 5.08. The molecule has 0 aliphatic carbocycles. The van der Waals surface area contributed by atoms with E-state index in [0.29, 0.717) is 5.75 Å². The van der Waals surface area contributed by atoms with E-state index < -0.39 is 28.1 Å². The molecule has 0 spiro atoms. The molecule has 0 radical (unpaired) electrons. The Labute approximate surface area is 181 Å². The molecule has 166 valence electrons. The summed E-state index contributed by atoms with van der Waals surface area (Å²) in [6.07, 6.45) is 1.69. The van der Waals surface area contributed by atoms with Crippen LogP contribution in [0.1, 0.15) is 25.1 Å². The summed E-state index contributed by atoms with van der Waals surface area (Å²) >= 11 is 0. The Morgan fingerprint density at radius 1 is 1.19 bits per heavy atom. The van der Waals surface area contributed by atoms with E-state index in [1.54, 1.807) is 13.1 Å². The molecule has 1 aromatic heterocycles. The van der Waals surface area contributed by atoms with Gasteiger partial charge in [0.05, 0.1) is 10.9 Å². The number of carbonyl (C=O) groups is 2. The van der Waals surface area contributed by atoms with E-state index in [0.717, 1.165) is 15.6 Å². The number of carbonyl (C=O) groups excluding carboxylic acids is 1. The molecular formula is C21H25N3O6S. The zero-order valence-electron chi connectivity index (χ0n) is 17.6. The number of pyridine rings is 1. The van der Waals surface area contributed by atoms with Gasteiger partial charge in [0, 0.05) is 37.5 Å². The van der Waals surface area contributed by atoms with Crippen LogP contribution in [0.15, 0.2) is 47.5 Å². The fraction of sp³-hybridized carbons (Fsp3) is 0.381. The summed E-state index contributed by atoms with van der Waals surface area (Å²) in [6, 6.07) is 7.40. The third-order valence-corrected chi connectivity index (χ3v) is 7.31. The van der Waals surface area contributed by atoms with Gasteiger partial charge in [-0.1, -0.05) is 6.07 Å². The first-order valence-corrected chi connectivity index (χ1v) is 11.2. The molecular weight excluding hydrogens is 422 g/mol. The average Bonchev–Trinajstić information content (AvgIpc) is 2.72. The van der Waals surface area contributed by atoms with Crippen molar-refractivity contribution >= 4 is 21.9 Å². The van der Waals surface area contributed by atoms with Crippen LogP contribution >= 0.6 is 0 Å². The van der Waals surface area contributed by atoms with Crippen LogP contribution in [0.5, 0.6) is 5.75 Å². The number of ether oxygens (including phenoxy) is 1. The molecule has 1 aliphatic heterocycles. The van der Waals surface area contributed by atoms with Crippen molar-refractivity contribution in [3.63, 3.8) is 0 Å². The van der Waals surface area contributed by atoms with Crippen molar-refractivity contribution in [2.24, 2.45) is 0 Å². The van der Waals surface area contributed by atoms with E-state index in [9.17, 15) is 23.1 Å². The number of rotatable bonds is 6. The molecule has 2 unspecified atom stereocenters. The van der Waals surface area contributed by atoms with E-state index in [1.165, 1.54) is 36.1 Å². The molecule has 1 fully saturated rings. The van der Waals surface area contributed by atoms with Crippen molar-refractivity contribution in [3.05, 3.63) is 53.9 Å². The molecule has 1 N–H and O–H groups in total. The Hall–Kier alpha value is -2.98. The van der Waals surface area contributed by atoms with Gasteiger partial charge in [-0.3, -0.25) is 14.6 Å². The highest BCUT2D eigenvalue weighted by atomic mass is 32.2. The molecule has 2 heterocycles. The van der Waals surface area contributed by atoms with Crippen LogP contribution in [0.25, 0.3) is 0 Å². The maximum absolute atomic E-state index is 13.2. The molecule has 0 bridgehead atoms. The Morgan fingerprint density at radius 3 is 2.45 bits per heavy atom. The Kier molecular flexibility index (Phi) is 6.61. The monoisotopic (exact) mass is 447 g/mol. The van der Waals surface area contributed by atoms with Crippen LogP contribution in [-0.4, -0.2) is 64.8 Å². The van der Waals surface area contributed by atoms with Gasteiger partial charge in [0.2, 0.25) is 15.9 Å². The first kappa shape index (κ1) is 22.7. The molecule has 2 aromatic rings. The van der Waals surface area contributed by atoms with Crippen molar-refractivity contribution in [1.29, 1.82) is 0 Å². The van der Waals surface area contributed by atoms with Crippen LogP contribution in [0.4, 0.5) is 0 Å². The molecule has 31 heavy (non-hydrogen) atoms. The summed E-state index contributed by atoms with van der Waals surface area (Å²) in [5.41, 5.74) is 1.76. The van der Waals surface area contributed by atoms with E-state index in [-0.39, 0.29) is 30.5 Å². The number of nitrogens with zero attached hydrogens (tertiary/aromatic N) is 3. The Balaban J connectivity index is 1.79. The highest BCUT2D eigenvalue weighted by Crippen LogP contribution is 2.27. The third-order valence-electron chi connectivity index (χ3n) is 5.42. The minimum Gasteiger partial charge on any atom is -0.489 e. The highest BCUT2D eigenvalue weighted by molar-refractivity contribution is 7.89. The molecule has 0 saturated carbocycles. The van der Waals surface area contributed by atoms with Crippen molar-refractivity contribution in [3.8, 4) is 5.75 Å². The second-order valence-electron chi connectivity index (χ2n) is 7.36. The number of piperazine rings is 1. The lowest BCUT2D eigenvalue weighted by Gasteiger charge is -2.43. The lowest BCUT2D eigenvalue weighted by atomic mass is 10.1. The first-order valence-electron chi connectivity index (χ1n) is 9.78. The number of aryl methyl sites for hydroxylation is 1. The van der Waals surface area contributed by atoms with Gasteiger partial charge in [-0.15, -0.1) is 0 Å². The SMILES string of the molecule is CC(=O)N1CCN(S(=O)(=O)c2ccc(OCc3cccnc3C)cc2)C(C(=O)O)C1C. The molecule has 1 aromatic carbocycles. The number of carboxylic acids is 1. The number of hydrogen-bond donors (Lipinski definition) is 1. The average molecular weight is 448 g/mol. The molecule has 9 nitrogen and oxygen atoms in total. The molecule has 10 heteroatoms. The predicted octanol–water partition coefficient (Wildman–Crippen LogP) is 1.66. The summed E-state index contributed by atoms with van der Waals surface area (Å²) < 4.78 is 33.0. The number of benzene rings is 1. The lowest BCUT2D eigenvalue weighted by Crippen LogP contribution is -2.63. The fourth-order valence-corrected chi connectivity index (χ4v) is 5.32. The van der Waals surface area contributed by atoms with Gasteiger partial charge >= 0.3 is 5.97 Å². The van der Waals surface area contributed by atoms with E-state index >= 15 is 0 Å². The van der Waals surface area contributed by atoms with E-state index in [1.807, 2.05) is 19.1 Å². The number of sulfonamides is 1. The zero-order chi connectivity index (χ0) is 22.8. The van der Waals surface area contributed by atoms with Crippen LogP contribution in [0.2, 0.25) is 0 Å². The van der Waals surface area contributed by atoms with Gasteiger partial charge in [0.25, 0.3) is 0 Å². The van der Waals surface area contributed by atoms with Gasteiger partial charge in [-0.05, 0) is 44.2 Å². The fourth-order valence-electron chi connectivity index (χ4n) is 3.68. The minimum atomic E-state index is -4.08. The van der Waals surface area contributed by atoms with Gasteiger partial charge in [-0.2, -0.15) is 4.31 Å². The summed E-state index contributed by atoms with van der Waals surface area (Å²) in [7, 11) is -4.08. The standard InChI is InChI=1S/C21H25N3O6S/c1-14-17(5-4-10-22-14)13-30-18-6-8-19(9-7-18)31(28,29)24-12-11-23(16(3)25)15(2)20(24)21(26)27/h4-10,15,20H,11-13H2,1-3H3,(H,26,27). The van der Waals surface area contributed by atoms with Crippen molar-refractivity contribution < 1.29 is 27.9 Å². The quantitative estimate of drug-likeness (QED) is 0.716. The maximum atomic E-state index is 13.2. The molecule has 3 rings (SSSR count). The summed E-state index contributed by atoms with van der Waals surface area (Å²) in [4.78, 5) is 29.2. The zero-order valence-corrected chi connectivity index (χ0v) is 18.4. The number of aliphatic carboxylic acids is 1. The van der Waals surface area contributed by atoms with Crippen molar-refractivity contribution in [2.75, 3.05) is 13.1 Å². The van der Waals surface area contributed by atoms with Crippen LogP contribution in [-0.2, 0) is 26.2 Å². The van der Waals surface area contributed by atoms with Crippen molar-refractivity contribution in [1.82, 2.24) is 14.2 Å². The smallest absolute Gasteiger partial charge is 0.324 e. The van der Waals surface area contributed by atoms with Crippen LogP contribution in [0.3, 0.4) is 0 Å². The lowest BCUT2D eigenvalue weighted by molar-refractivity contribution is -0.148. The second kappa shape index (κ2) is 9.03. The molecule has 1 saturated heterocycles. The Bertz CT molecular complexity index is 1070. The first-order chi connectivity index (χ1) is 14.6. The number of aromatic nitrogens is 1. The highest BCUT2D eigenvalue weighted by Gasteiger charge is 2.45. The third kappa shape index (κ3) is 4.70. The molecule has 1 aliphatic rings. The number of amides is 1. The predicted molar refractivity (Wildman–Crippen MR) is 112 cm³/mol. The van der Waals surface area contributed by atoms with Gasteiger partial charge in [-0.25, -0.2) is 8.42 Å². The van der Waals surface area contributed by atoms with Crippen molar-refractivity contribution in [2.45, 2.75) is 44.4 Å². The normalized spacial score (nSPS) is 19.8. The van der Waals surface area contributed by atoms with Gasteiger partial charge in [0.15, 0.2) is 0 Å². The van der Waals surface area contributed by atoms with E-state index in [4.69, 9.17) is 4.74 Å². The van der Waals surface area contributed by atoms with Crippen LogP contribution < -0.4 is 4.74 Å². The molecule has 1 amide bonds. The summed E-state index contributed by atoms with van der Waals surface area (Å²) in [5.74, 6) is -1.11.